The minimum Gasteiger partial charge on any atom is -0.490 e. The molecule has 3 nitrogen and oxygen atoms in total. The van der Waals surface area contributed by atoms with Gasteiger partial charge in [-0.25, -0.2) is 4.79 Å². The van der Waals surface area contributed by atoms with Crippen molar-refractivity contribution >= 4 is 40.3 Å². The quantitative estimate of drug-likeness (QED) is 0.340. The van der Waals surface area contributed by atoms with E-state index in [0.29, 0.717) is 12.2 Å². The molecule has 5 heteroatoms. The second kappa shape index (κ2) is 8.47. The number of thiophene rings is 2. The minimum atomic E-state index is -0.331. The first-order valence-corrected chi connectivity index (χ1v) is 9.23. The minimum absolute atomic E-state index is 0.209. The van der Waals surface area contributed by atoms with Crippen LogP contribution in [0.25, 0.3) is 11.6 Å². The van der Waals surface area contributed by atoms with Gasteiger partial charge in [-0.05, 0) is 41.1 Å². The molecule has 0 spiro atoms. The van der Waals surface area contributed by atoms with E-state index in [9.17, 15) is 4.79 Å². The van der Waals surface area contributed by atoms with Crippen LogP contribution in [-0.4, -0.2) is 19.2 Å². The summed E-state index contributed by atoms with van der Waals surface area (Å²) in [5.41, 5.74) is 0.576. The van der Waals surface area contributed by atoms with Gasteiger partial charge < -0.3 is 9.47 Å². The van der Waals surface area contributed by atoms with E-state index in [1.165, 1.54) is 11.3 Å². The van der Waals surface area contributed by atoms with Crippen LogP contribution in [0, 0.1) is 0 Å². The largest absolute Gasteiger partial charge is 0.490 e. The highest BCUT2D eigenvalue weighted by Crippen LogP contribution is 2.25. The molecular weight excluding hydrogens is 340 g/mol. The van der Waals surface area contributed by atoms with Crippen LogP contribution in [-0.2, 0) is 9.53 Å². The Hall–Kier alpha value is -2.37. The summed E-state index contributed by atoms with van der Waals surface area (Å²) in [6.07, 6.45) is 1.87. The summed E-state index contributed by atoms with van der Waals surface area (Å²) in [4.78, 5) is 14.4. The summed E-state index contributed by atoms with van der Waals surface area (Å²) in [7, 11) is 0. The van der Waals surface area contributed by atoms with Crippen LogP contribution in [0.5, 0.6) is 5.75 Å². The van der Waals surface area contributed by atoms with Crippen molar-refractivity contribution in [1.29, 1.82) is 0 Å². The fourth-order valence-corrected chi connectivity index (χ4v) is 3.45. The van der Waals surface area contributed by atoms with Gasteiger partial charge in [0.25, 0.3) is 0 Å². The highest BCUT2D eigenvalue weighted by molar-refractivity contribution is 7.12. The van der Waals surface area contributed by atoms with Crippen LogP contribution in [0.15, 0.2) is 65.4 Å². The van der Waals surface area contributed by atoms with Gasteiger partial charge in [0.2, 0.25) is 0 Å². The molecule has 1 aromatic carbocycles. The third-order valence-corrected chi connectivity index (χ3v) is 4.89. The number of carbonyl (C=O) groups is 1. The topological polar surface area (TPSA) is 35.5 Å². The van der Waals surface area contributed by atoms with Crippen molar-refractivity contribution in [3.05, 3.63) is 75.1 Å². The Labute approximate surface area is 148 Å². The first kappa shape index (κ1) is 16.5. The van der Waals surface area contributed by atoms with E-state index in [2.05, 4.69) is 0 Å². The third-order valence-electron chi connectivity index (χ3n) is 3.16. The molecule has 0 saturated carbocycles. The number of rotatable bonds is 7. The fraction of sp³-hybridized carbons (Fsp3) is 0.105. The lowest BCUT2D eigenvalue weighted by molar-refractivity contribution is -0.137. The van der Waals surface area contributed by atoms with Crippen molar-refractivity contribution in [2.75, 3.05) is 13.2 Å². The number of hydrogen-bond acceptors (Lipinski definition) is 5. The van der Waals surface area contributed by atoms with E-state index in [-0.39, 0.29) is 12.6 Å². The summed E-state index contributed by atoms with van der Waals surface area (Å²) in [5, 5.41) is 3.93. The van der Waals surface area contributed by atoms with Crippen LogP contribution in [0.4, 0.5) is 0 Å². The maximum atomic E-state index is 12.4. The molecule has 2 heterocycles. The van der Waals surface area contributed by atoms with Gasteiger partial charge in [0.05, 0.1) is 5.57 Å². The summed E-state index contributed by atoms with van der Waals surface area (Å²) in [5.74, 6) is 0.434. The highest BCUT2D eigenvalue weighted by Gasteiger charge is 2.15. The maximum Gasteiger partial charge on any atom is 0.339 e. The van der Waals surface area contributed by atoms with E-state index >= 15 is 0 Å². The zero-order chi connectivity index (χ0) is 16.6. The molecule has 24 heavy (non-hydrogen) atoms. The Kier molecular flexibility index (Phi) is 5.82. The maximum absolute atomic E-state index is 12.4. The molecule has 0 amide bonds. The molecule has 0 radical (unpaired) electrons. The van der Waals surface area contributed by atoms with Crippen molar-refractivity contribution in [3.63, 3.8) is 0 Å². The molecule has 0 fully saturated rings. The summed E-state index contributed by atoms with van der Waals surface area (Å²) >= 11 is 3.11. The Balaban J connectivity index is 1.60. The first-order chi connectivity index (χ1) is 11.8. The molecular formula is C19H16O3S2. The van der Waals surface area contributed by atoms with Gasteiger partial charge >= 0.3 is 5.97 Å². The average Bonchev–Trinajstić information content (AvgIpc) is 3.30. The van der Waals surface area contributed by atoms with Crippen molar-refractivity contribution in [3.8, 4) is 5.75 Å². The van der Waals surface area contributed by atoms with Crippen molar-refractivity contribution in [1.82, 2.24) is 0 Å². The standard InChI is InChI=1S/C19H16O3S2/c20-19(22-11-10-21-15-6-2-1-3-7-15)17(18-9-5-13-24-18)14-16-8-4-12-23-16/h1-9,12-14H,10-11H2/b17-14+. The molecule has 3 aromatic rings. The zero-order valence-electron chi connectivity index (χ0n) is 12.9. The SMILES string of the molecule is O=C(OCCOc1ccccc1)/C(=C/c1cccs1)c1cccs1. The van der Waals surface area contributed by atoms with Crippen molar-refractivity contribution in [2.24, 2.45) is 0 Å². The van der Waals surface area contributed by atoms with Crippen LogP contribution < -0.4 is 4.74 Å². The Bertz CT molecular complexity index is 775. The van der Waals surface area contributed by atoms with Gasteiger partial charge in [-0.3, -0.25) is 0 Å². The van der Waals surface area contributed by atoms with Gasteiger partial charge in [0.1, 0.15) is 19.0 Å². The lowest BCUT2D eigenvalue weighted by Crippen LogP contribution is -2.13. The number of ether oxygens (including phenoxy) is 2. The number of hydrogen-bond donors (Lipinski definition) is 0. The molecule has 0 aliphatic rings. The number of benzene rings is 1. The molecule has 0 N–H and O–H groups in total. The molecule has 0 atom stereocenters. The summed E-state index contributed by atoms with van der Waals surface area (Å²) in [6.45, 7) is 0.535. The van der Waals surface area contributed by atoms with Gasteiger partial charge in [-0.2, -0.15) is 0 Å². The van der Waals surface area contributed by atoms with Crippen LogP contribution >= 0.6 is 22.7 Å². The van der Waals surface area contributed by atoms with E-state index < -0.39 is 0 Å². The van der Waals surface area contributed by atoms with E-state index in [1.807, 2.05) is 71.4 Å². The van der Waals surface area contributed by atoms with Gasteiger partial charge in [0, 0.05) is 9.75 Å². The first-order valence-electron chi connectivity index (χ1n) is 7.47. The molecule has 0 unspecified atom stereocenters. The highest BCUT2D eigenvalue weighted by atomic mass is 32.1. The second-order valence-electron chi connectivity index (χ2n) is 4.85. The molecule has 3 rings (SSSR count). The van der Waals surface area contributed by atoms with Gasteiger partial charge in [-0.15, -0.1) is 22.7 Å². The Morgan fingerprint density at radius 2 is 1.71 bits per heavy atom. The third kappa shape index (κ3) is 4.57. The van der Waals surface area contributed by atoms with E-state index in [4.69, 9.17) is 9.47 Å². The smallest absolute Gasteiger partial charge is 0.339 e. The van der Waals surface area contributed by atoms with Gasteiger partial charge in [0.15, 0.2) is 0 Å². The molecule has 0 aliphatic carbocycles. The molecule has 0 aliphatic heterocycles. The summed E-state index contributed by atoms with van der Waals surface area (Å²) < 4.78 is 10.9. The van der Waals surface area contributed by atoms with Crippen LogP contribution in [0.3, 0.4) is 0 Å². The monoisotopic (exact) mass is 356 g/mol. The predicted octanol–water partition coefficient (Wildman–Crippen LogP) is 4.97. The Morgan fingerprint density at radius 3 is 2.42 bits per heavy atom. The zero-order valence-corrected chi connectivity index (χ0v) is 14.5. The summed E-state index contributed by atoms with van der Waals surface area (Å²) in [6, 6.07) is 17.3. The Morgan fingerprint density at radius 1 is 0.917 bits per heavy atom. The van der Waals surface area contributed by atoms with Crippen molar-refractivity contribution < 1.29 is 14.3 Å². The number of esters is 1. The number of para-hydroxylation sites is 1. The van der Waals surface area contributed by atoms with Crippen LogP contribution in [0.1, 0.15) is 9.75 Å². The predicted molar refractivity (Wildman–Crippen MR) is 99.4 cm³/mol. The van der Waals surface area contributed by atoms with E-state index in [1.54, 1.807) is 11.3 Å². The lowest BCUT2D eigenvalue weighted by Gasteiger charge is -2.08. The normalized spacial score (nSPS) is 11.2. The fourth-order valence-electron chi connectivity index (χ4n) is 2.07. The van der Waals surface area contributed by atoms with Crippen LogP contribution in [0.2, 0.25) is 0 Å². The average molecular weight is 356 g/mol. The number of carbonyl (C=O) groups excluding carboxylic acids is 1. The lowest BCUT2D eigenvalue weighted by atomic mass is 10.2. The molecule has 2 aromatic heterocycles. The van der Waals surface area contributed by atoms with Gasteiger partial charge in [-0.1, -0.05) is 30.3 Å². The molecule has 0 bridgehead atoms. The molecule has 0 saturated heterocycles. The molecule has 122 valence electrons. The second-order valence-corrected chi connectivity index (χ2v) is 6.78. The van der Waals surface area contributed by atoms with Crippen molar-refractivity contribution in [2.45, 2.75) is 0 Å². The van der Waals surface area contributed by atoms with E-state index in [0.717, 1.165) is 15.5 Å².